The molecule has 1 aliphatic heterocycles. The van der Waals surface area contributed by atoms with Crippen LogP contribution in [-0.4, -0.2) is 104 Å². The molecular weight excluding hydrogens is 564 g/mol. The molecule has 2 aromatic carbocycles. The number of halogens is 1. The van der Waals surface area contributed by atoms with Gasteiger partial charge in [0.05, 0.1) is 25.6 Å². The van der Waals surface area contributed by atoms with Gasteiger partial charge in [0.1, 0.15) is 6.04 Å². The van der Waals surface area contributed by atoms with E-state index in [9.17, 15) is 14.4 Å². The SMILES string of the molecule is COC(=O)C(N)CSCC(=O)N(CCOC(C)C)c1ccc(C(=O)N2CCN(CCc3ccc(Cl)cc3)CC2)cc1. The van der Waals surface area contributed by atoms with E-state index in [2.05, 4.69) is 21.8 Å². The third-order valence-electron chi connectivity index (χ3n) is 6.81. The van der Waals surface area contributed by atoms with Crippen LogP contribution in [0.25, 0.3) is 0 Å². The van der Waals surface area contributed by atoms with Crippen LogP contribution in [0, 0.1) is 0 Å². The Hall–Kier alpha value is -2.63. The lowest BCUT2D eigenvalue weighted by molar-refractivity contribution is -0.141. The van der Waals surface area contributed by atoms with E-state index in [1.165, 1.54) is 24.4 Å². The number of hydrogen-bond donors (Lipinski definition) is 1. The van der Waals surface area contributed by atoms with Gasteiger partial charge in [0, 0.05) is 61.3 Å². The van der Waals surface area contributed by atoms with E-state index in [0.717, 1.165) is 31.1 Å². The van der Waals surface area contributed by atoms with Crippen molar-refractivity contribution in [2.75, 3.05) is 69.4 Å². The molecule has 41 heavy (non-hydrogen) atoms. The normalized spacial score (nSPS) is 14.6. The summed E-state index contributed by atoms with van der Waals surface area (Å²) in [5, 5.41) is 0.741. The Kier molecular flexibility index (Phi) is 13.4. The van der Waals surface area contributed by atoms with Crippen LogP contribution in [-0.2, 0) is 25.5 Å². The molecule has 224 valence electrons. The number of methoxy groups -OCH3 is 1. The van der Waals surface area contributed by atoms with Gasteiger partial charge in [-0.25, -0.2) is 0 Å². The first-order valence-electron chi connectivity index (χ1n) is 13.9. The zero-order chi connectivity index (χ0) is 29.8. The first kappa shape index (κ1) is 32.9. The van der Waals surface area contributed by atoms with Crippen molar-refractivity contribution in [1.29, 1.82) is 0 Å². The molecular formula is C30H41ClN4O5S. The minimum absolute atomic E-state index is 0.0118. The van der Waals surface area contributed by atoms with Crippen LogP contribution < -0.4 is 10.6 Å². The summed E-state index contributed by atoms with van der Waals surface area (Å²) in [5.41, 5.74) is 8.31. The quantitative estimate of drug-likeness (QED) is 0.328. The predicted molar refractivity (Wildman–Crippen MR) is 165 cm³/mol. The molecule has 0 bridgehead atoms. The van der Waals surface area contributed by atoms with Gasteiger partial charge in [0.25, 0.3) is 5.91 Å². The molecule has 3 rings (SSSR count). The molecule has 1 atom stereocenters. The Labute approximate surface area is 252 Å². The summed E-state index contributed by atoms with van der Waals surface area (Å²) in [7, 11) is 1.28. The molecule has 2 amide bonds. The predicted octanol–water partition coefficient (Wildman–Crippen LogP) is 3.33. The first-order valence-corrected chi connectivity index (χ1v) is 15.4. The first-order chi connectivity index (χ1) is 19.7. The zero-order valence-corrected chi connectivity index (χ0v) is 25.7. The van der Waals surface area contributed by atoms with Gasteiger partial charge in [-0.15, -0.1) is 11.8 Å². The molecule has 9 nitrogen and oxygen atoms in total. The van der Waals surface area contributed by atoms with E-state index in [1.807, 2.05) is 30.9 Å². The molecule has 11 heteroatoms. The van der Waals surface area contributed by atoms with Gasteiger partial charge in [0.15, 0.2) is 0 Å². The van der Waals surface area contributed by atoms with Crippen LogP contribution in [0.15, 0.2) is 48.5 Å². The lowest BCUT2D eigenvalue weighted by Crippen LogP contribution is -2.49. The molecule has 2 aromatic rings. The van der Waals surface area contributed by atoms with Crippen LogP contribution >= 0.6 is 23.4 Å². The maximum absolute atomic E-state index is 13.2. The lowest BCUT2D eigenvalue weighted by atomic mass is 10.1. The number of amides is 2. The summed E-state index contributed by atoms with van der Waals surface area (Å²) in [4.78, 5) is 43.8. The van der Waals surface area contributed by atoms with E-state index in [0.29, 0.717) is 37.5 Å². The van der Waals surface area contributed by atoms with E-state index in [-0.39, 0.29) is 29.4 Å². The van der Waals surface area contributed by atoms with Gasteiger partial charge in [-0.05, 0) is 62.2 Å². The van der Waals surface area contributed by atoms with Crippen molar-refractivity contribution in [1.82, 2.24) is 9.80 Å². The van der Waals surface area contributed by atoms with E-state index in [1.54, 1.807) is 29.2 Å². The highest BCUT2D eigenvalue weighted by molar-refractivity contribution is 8.00. The molecule has 0 radical (unpaired) electrons. The van der Waals surface area contributed by atoms with Gasteiger partial charge in [-0.1, -0.05) is 23.7 Å². The van der Waals surface area contributed by atoms with E-state index in [4.69, 9.17) is 22.1 Å². The Bertz CT molecular complexity index is 1120. The molecule has 0 aromatic heterocycles. The van der Waals surface area contributed by atoms with Crippen molar-refractivity contribution in [3.63, 3.8) is 0 Å². The third kappa shape index (κ3) is 10.6. The summed E-state index contributed by atoms with van der Waals surface area (Å²) in [6, 6.07) is 14.3. The minimum atomic E-state index is -0.786. The van der Waals surface area contributed by atoms with Gasteiger partial charge < -0.3 is 25.0 Å². The van der Waals surface area contributed by atoms with Gasteiger partial charge >= 0.3 is 5.97 Å². The molecule has 1 fully saturated rings. The van der Waals surface area contributed by atoms with E-state index >= 15 is 0 Å². The third-order valence-corrected chi connectivity index (χ3v) is 8.11. The summed E-state index contributed by atoms with van der Waals surface area (Å²) in [6.07, 6.45) is 0.984. The number of anilines is 1. The van der Waals surface area contributed by atoms with Crippen molar-refractivity contribution in [2.24, 2.45) is 5.73 Å². The number of rotatable bonds is 14. The van der Waals surface area contributed by atoms with Gasteiger partial charge in [-0.2, -0.15) is 0 Å². The number of carbonyl (C=O) groups excluding carboxylic acids is 3. The number of nitrogens with two attached hydrogens (primary N) is 1. The van der Waals surface area contributed by atoms with Crippen LogP contribution in [0.3, 0.4) is 0 Å². The number of hydrogen-bond acceptors (Lipinski definition) is 8. The number of ether oxygens (including phenoxy) is 2. The number of piperazine rings is 1. The zero-order valence-electron chi connectivity index (χ0n) is 24.1. The second-order valence-corrected chi connectivity index (χ2v) is 11.6. The number of thioether (sulfide) groups is 1. The summed E-state index contributed by atoms with van der Waals surface area (Å²) in [6.45, 7) is 8.55. The van der Waals surface area contributed by atoms with Crippen LogP contribution in [0.2, 0.25) is 5.02 Å². The Morgan fingerprint density at radius 3 is 2.29 bits per heavy atom. The number of benzene rings is 2. The molecule has 1 saturated heterocycles. The Morgan fingerprint density at radius 2 is 1.68 bits per heavy atom. The molecule has 1 aliphatic rings. The van der Waals surface area contributed by atoms with E-state index < -0.39 is 12.0 Å². The highest BCUT2D eigenvalue weighted by Crippen LogP contribution is 2.19. The number of carbonyl (C=O) groups is 3. The fourth-order valence-electron chi connectivity index (χ4n) is 4.43. The van der Waals surface area contributed by atoms with Crippen molar-refractivity contribution < 1.29 is 23.9 Å². The standard InChI is InChI=1S/C30H41ClN4O5S/c1-22(2)40-19-18-35(28(36)21-41-20-27(32)30(38)39-3)26-10-6-24(7-11-26)29(37)34-16-14-33(15-17-34)13-12-23-4-8-25(31)9-5-23/h4-11,22,27H,12-21,32H2,1-3H3. The highest BCUT2D eigenvalue weighted by Gasteiger charge is 2.23. The highest BCUT2D eigenvalue weighted by atomic mass is 35.5. The molecule has 0 saturated carbocycles. The Balaban J connectivity index is 1.54. The Morgan fingerprint density at radius 1 is 1.02 bits per heavy atom. The average Bonchev–Trinajstić information content (AvgIpc) is 2.98. The molecule has 1 heterocycles. The molecule has 0 aliphatic carbocycles. The topological polar surface area (TPSA) is 105 Å². The molecule has 1 unspecified atom stereocenters. The van der Waals surface area contributed by atoms with Crippen LogP contribution in [0.4, 0.5) is 5.69 Å². The number of esters is 1. The second-order valence-electron chi connectivity index (χ2n) is 10.2. The molecule has 2 N–H and O–H groups in total. The fraction of sp³-hybridized carbons (Fsp3) is 0.500. The fourth-order valence-corrected chi connectivity index (χ4v) is 5.39. The smallest absolute Gasteiger partial charge is 0.323 e. The van der Waals surface area contributed by atoms with Crippen molar-refractivity contribution in [3.05, 3.63) is 64.7 Å². The van der Waals surface area contributed by atoms with Crippen molar-refractivity contribution in [2.45, 2.75) is 32.4 Å². The van der Waals surface area contributed by atoms with Crippen molar-refractivity contribution in [3.8, 4) is 0 Å². The van der Waals surface area contributed by atoms with Gasteiger partial charge in [-0.3, -0.25) is 19.3 Å². The lowest BCUT2D eigenvalue weighted by Gasteiger charge is -2.35. The van der Waals surface area contributed by atoms with Crippen LogP contribution in [0.1, 0.15) is 29.8 Å². The summed E-state index contributed by atoms with van der Waals surface area (Å²) < 4.78 is 10.3. The maximum atomic E-state index is 13.2. The summed E-state index contributed by atoms with van der Waals surface area (Å²) >= 11 is 7.26. The minimum Gasteiger partial charge on any atom is -0.468 e. The largest absolute Gasteiger partial charge is 0.468 e. The second kappa shape index (κ2) is 16.7. The summed E-state index contributed by atoms with van der Waals surface area (Å²) in [5.74, 6) is -0.228. The maximum Gasteiger partial charge on any atom is 0.323 e. The van der Waals surface area contributed by atoms with Gasteiger partial charge in [0.2, 0.25) is 5.91 Å². The van der Waals surface area contributed by atoms with Crippen molar-refractivity contribution >= 4 is 46.8 Å². The van der Waals surface area contributed by atoms with Crippen LogP contribution in [0.5, 0.6) is 0 Å². The monoisotopic (exact) mass is 604 g/mol. The number of nitrogens with zero attached hydrogens (tertiary/aromatic N) is 3. The average molecular weight is 605 g/mol. The molecule has 0 spiro atoms.